The van der Waals surface area contributed by atoms with Crippen LogP contribution in [0.1, 0.15) is 21.8 Å². The van der Waals surface area contributed by atoms with Gasteiger partial charge in [-0.3, -0.25) is 4.79 Å². The highest BCUT2D eigenvalue weighted by Gasteiger charge is 2.38. The zero-order valence-electron chi connectivity index (χ0n) is 16.9. The standard InChI is InChI=1S/C21H21F3N4O3/c1-28(2)10-11-30-17-8-6-14(7-9-17)13-25-19(29)16-5-3-4-15(12-16)18-26-20(31-27-18)21(22,23)24/h3-9,12H,10-11,13H2,1-2H3,(H,25,29). The molecule has 1 heterocycles. The van der Waals surface area contributed by atoms with Gasteiger partial charge in [0, 0.05) is 24.2 Å². The molecular formula is C21H21F3N4O3. The molecule has 0 radical (unpaired) electrons. The molecule has 0 bridgehead atoms. The van der Waals surface area contributed by atoms with Crippen LogP contribution in [0.25, 0.3) is 11.4 Å². The molecule has 0 aliphatic heterocycles. The maximum Gasteiger partial charge on any atom is 0.471 e. The summed E-state index contributed by atoms with van der Waals surface area (Å²) in [7, 11) is 3.93. The highest BCUT2D eigenvalue weighted by Crippen LogP contribution is 2.29. The Bertz CT molecular complexity index is 1020. The maximum absolute atomic E-state index is 12.6. The molecule has 3 rings (SSSR count). The van der Waals surface area contributed by atoms with Crippen LogP contribution in [0, 0.1) is 0 Å². The second-order valence-corrected chi connectivity index (χ2v) is 6.98. The summed E-state index contributed by atoms with van der Waals surface area (Å²) in [4.78, 5) is 17.8. The molecule has 1 aromatic heterocycles. The minimum absolute atomic E-state index is 0.242. The van der Waals surface area contributed by atoms with Crippen LogP contribution >= 0.6 is 0 Å². The van der Waals surface area contributed by atoms with Crippen molar-refractivity contribution in [1.82, 2.24) is 20.4 Å². The number of carbonyl (C=O) groups is 1. The van der Waals surface area contributed by atoms with Crippen molar-refractivity contribution >= 4 is 5.91 Å². The minimum Gasteiger partial charge on any atom is -0.492 e. The number of amides is 1. The number of ether oxygens (including phenoxy) is 1. The number of likely N-dealkylation sites (N-methyl/N-ethyl adjacent to an activating group) is 1. The van der Waals surface area contributed by atoms with Crippen molar-refractivity contribution in [2.75, 3.05) is 27.2 Å². The van der Waals surface area contributed by atoms with Crippen LogP contribution in [0.3, 0.4) is 0 Å². The van der Waals surface area contributed by atoms with Crippen molar-refractivity contribution in [3.63, 3.8) is 0 Å². The van der Waals surface area contributed by atoms with Gasteiger partial charge in [-0.05, 0) is 43.9 Å². The minimum atomic E-state index is -4.73. The second-order valence-electron chi connectivity index (χ2n) is 6.98. The van der Waals surface area contributed by atoms with Crippen molar-refractivity contribution in [2.45, 2.75) is 12.7 Å². The van der Waals surface area contributed by atoms with E-state index >= 15 is 0 Å². The number of nitrogens with one attached hydrogen (secondary N) is 1. The van der Waals surface area contributed by atoms with Crippen LogP contribution < -0.4 is 10.1 Å². The molecule has 164 valence electrons. The predicted molar refractivity (Wildman–Crippen MR) is 106 cm³/mol. The van der Waals surface area contributed by atoms with Crippen molar-refractivity contribution < 1.29 is 27.2 Å². The van der Waals surface area contributed by atoms with E-state index in [1.165, 1.54) is 18.2 Å². The lowest BCUT2D eigenvalue weighted by Gasteiger charge is -2.11. The lowest BCUT2D eigenvalue weighted by molar-refractivity contribution is -0.159. The summed E-state index contributed by atoms with van der Waals surface area (Å²) in [6.45, 7) is 1.66. The molecule has 0 aliphatic carbocycles. The smallest absolute Gasteiger partial charge is 0.471 e. The average Bonchev–Trinajstić information content (AvgIpc) is 3.24. The molecule has 3 aromatic rings. The van der Waals surface area contributed by atoms with E-state index in [0.29, 0.717) is 6.61 Å². The first-order valence-electron chi connectivity index (χ1n) is 9.38. The van der Waals surface area contributed by atoms with Crippen LogP contribution in [0.15, 0.2) is 53.1 Å². The van der Waals surface area contributed by atoms with Gasteiger partial charge >= 0.3 is 12.1 Å². The number of hydrogen-bond donors (Lipinski definition) is 1. The Morgan fingerprint density at radius 3 is 2.55 bits per heavy atom. The number of aromatic nitrogens is 2. The molecule has 10 heteroatoms. The third kappa shape index (κ3) is 6.29. The molecule has 0 saturated heterocycles. The summed E-state index contributed by atoms with van der Waals surface area (Å²) in [6.07, 6.45) is -4.73. The van der Waals surface area contributed by atoms with Gasteiger partial charge in [-0.1, -0.05) is 29.4 Å². The average molecular weight is 434 g/mol. The number of alkyl halides is 3. The van der Waals surface area contributed by atoms with Crippen molar-refractivity contribution in [3.05, 3.63) is 65.5 Å². The highest BCUT2D eigenvalue weighted by molar-refractivity contribution is 5.95. The van der Waals surface area contributed by atoms with E-state index in [-0.39, 0.29) is 29.4 Å². The van der Waals surface area contributed by atoms with E-state index in [1.807, 2.05) is 43.3 Å². The van der Waals surface area contributed by atoms with E-state index in [4.69, 9.17) is 4.74 Å². The quantitative estimate of drug-likeness (QED) is 0.583. The van der Waals surface area contributed by atoms with Gasteiger partial charge < -0.3 is 19.5 Å². The number of hydrogen-bond acceptors (Lipinski definition) is 6. The Labute approximate surface area is 176 Å². The normalized spacial score (nSPS) is 11.5. The van der Waals surface area contributed by atoms with Gasteiger partial charge in [0.25, 0.3) is 5.91 Å². The first-order chi connectivity index (χ1) is 14.7. The molecule has 7 nitrogen and oxygen atoms in total. The van der Waals surface area contributed by atoms with Gasteiger partial charge in [-0.25, -0.2) is 0 Å². The van der Waals surface area contributed by atoms with E-state index < -0.39 is 12.1 Å². The summed E-state index contributed by atoms with van der Waals surface area (Å²) < 4.78 is 47.8. The fraction of sp³-hybridized carbons (Fsp3) is 0.286. The number of halogens is 3. The topological polar surface area (TPSA) is 80.5 Å². The number of rotatable bonds is 8. The van der Waals surface area contributed by atoms with Gasteiger partial charge in [0.05, 0.1) is 0 Å². The molecule has 1 amide bonds. The molecular weight excluding hydrogens is 413 g/mol. The fourth-order valence-electron chi connectivity index (χ4n) is 2.59. The second kappa shape index (κ2) is 9.61. The van der Waals surface area contributed by atoms with Gasteiger partial charge in [0.15, 0.2) is 0 Å². The van der Waals surface area contributed by atoms with Gasteiger partial charge in [-0.15, -0.1) is 0 Å². The van der Waals surface area contributed by atoms with Crippen LogP contribution in [-0.2, 0) is 12.7 Å². The summed E-state index contributed by atoms with van der Waals surface area (Å²) in [5, 5.41) is 6.10. The molecule has 0 aliphatic rings. The predicted octanol–water partition coefficient (Wildman–Crippen LogP) is 3.63. The van der Waals surface area contributed by atoms with Crippen molar-refractivity contribution in [3.8, 4) is 17.1 Å². The van der Waals surface area contributed by atoms with Gasteiger partial charge in [0.2, 0.25) is 5.82 Å². The van der Waals surface area contributed by atoms with Gasteiger partial charge in [0.1, 0.15) is 12.4 Å². The van der Waals surface area contributed by atoms with Crippen LogP contribution in [-0.4, -0.2) is 48.2 Å². The molecule has 0 spiro atoms. The number of benzene rings is 2. The van der Waals surface area contributed by atoms with Crippen LogP contribution in [0.4, 0.5) is 13.2 Å². The molecule has 0 fully saturated rings. The monoisotopic (exact) mass is 434 g/mol. The Morgan fingerprint density at radius 1 is 1.16 bits per heavy atom. The summed E-state index contributed by atoms with van der Waals surface area (Å²) in [5.41, 5.74) is 1.38. The summed E-state index contributed by atoms with van der Waals surface area (Å²) in [5.74, 6) is -1.33. The zero-order valence-corrected chi connectivity index (χ0v) is 16.9. The molecule has 2 aromatic carbocycles. The third-order valence-corrected chi connectivity index (χ3v) is 4.24. The van der Waals surface area contributed by atoms with E-state index in [9.17, 15) is 18.0 Å². The number of nitrogens with zero attached hydrogens (tertiary/aromatic N) is 3. The Kier molecular flexibility index (Phi) is 6.91. The molecule has 31 heavy (non-hydrogen) atoms. The highest BCUT2D eigenvalue weighted by atomic mass is 19.4. The van der Waals surface area contributed by atoms with Crippen molar-refractivity contribution in [2.24, 2.45) is 0 Å². The fourth-order valence-corrected chi connectivity index (χ4v) is 2.59. The Balaban J connectivity index is 1.59. The first-order valence-corrected chi connectivity index (χ1v) is 9.38. The maximum atomic E-state index is 12.6. The molecule has 1 N–H and O–H groups in total. The molecule has 0 atom stereocenters. The third-order valence-electron chi connectivity index (χ3n) is 4.24. The van der Waals surface area contributed by atoms with E-state index in [2.05, 4.69) is 20.0 Å². The largest absolute Gasteiger partial charge is 0.492 e. The van der Waals surface area contributed by atoms with E-state index in [1.54, 1.807) is 6.07 Å². The SMILES string of the molecule is CN(C)CCOc1ccc(CNC(=O)c2cccc(-c3noc(C(F)(F)F)n3)c2)cc1. The van der Waals surface area contributed by atoms with E-state index in [0.717, 1.165) is 17.9 Å². The summed E-state index contributed by atoms with van der Waals surface area (Å²) in [6, 6.07) is 13.3. The number of carbonyl (C=O) groups excluding carboxylic acids is 1. The Hall–Kier alpha value is -3.40. The van der Waals surface area contributed by atoms with Crippen LogP contribution in [0.5, 0.6) is 5.75 Å². The Morgan fingerprint density at radius 2 is 1.90 bits per heavy atom. The molecule has 0 unspecified atom stereocenters. The van der Waals surface area contributed by atoms with Crippen LogP contribution in [0.2, 0.25) is 0 Å². The van der Waals surface area contributed by atoms with Crippen molar-refractivity contribution in [1.29, 1.82) is 0 Å². The molecule has 0 saturated carbocycles. The lowest BCUT2D eigenvalue weighted by atomic mass is 10.1. The van der Waals surface area contributed by atoms with Gasteiger partial charge in [-0.2, -0.15) is 18.2 Å². The zero-order chi connectivity index (χ0) is 22.4. The lowest BCUT2D eigenvalue weighted by Crippen LogP contribution is -2.22. The first kappa shape index (κ1) is 22.3. The summed E-state index contributed by atoms with van der Waals surface area (Å²) >= 11 is 0.